The fraction of sp³-hybridized carbons (Fsp3) is 0.400. The number of hydrogen-bond donors (Lipinski definition) is 2. The van der Waals surface area contributed by atoms with Gasteiger partial charge in [0.2, 0.25) is 0 Å². The summed E-state index contributed by atoms with van der Waals surface area (Å²) in [6.07, 6.45) is -2.29. The summed E-state index contributed by atoms with van der Waals surface area (Å²) in [6.45, 7) is 3.49. The summed E-state index contributed by atoms with van der Waals surface area (Å²) < 4.78 is 37.5. The normalized spacial score (nSPS) is 12.2. The first-order valence-corrected chi connectivity index (χ1v) is 8.30. The second-order valence-corrected chi connectivity index (χ2v) is 5.76. The van der Waals surface area contributed by atoms with E-state index >= 15 is 0 Å². The van der Waals surface area contributed by atoms with Crippen LogP contribution in [0.15, 0.2) is 34.8 Å². The van der Waals surface area contributed by atoms with Crippen LogP contribution in [0.25, 0.3) is 0 Å². The molecule has 0 aliphatic heterocycles. The van der Waals surface area contributed by atoms with Gasteiger partial charge in [-0.1, -0.05) is 6.07 Å². The van der Waals surface area contributed by atoms with Crippen LogP contribution in [0.2, 0.25) is 0 Å². The lowest BCUT2D eigenvalue weighted by Gasteiger charge is -2.10. The summed E-state index contributed by atoms with van der Waals surface area (Å²) in [5.74, 6) is 0.593. The summed E-state index contributed by atoms with van der Waals surface area (Å²) in [7, 11) is 0. The average molecular weight is 357 g/mol. The summed E-state index contributed by atoms with van der Waals surface area (Å²) in [4.78, 5) is 12.2. The molecular formula is C15H18F3N5S. The van der Waals surface area contributed by atoms with Crippen LogP contribution in [0.5, 0.6) is 0 Å². The largest absolute Gasteiger partial charge is 0.434 e. The fourth-order valence-corrected chi connectivity index (χ4v) is 2.64. The minimum Gasteiger partial charge on any atom is -0.357 e. The molecule has 0 aliphatic rings. The number of nitrogens with zero attached hydrogens (tertiary/aromatic N) is 3. The van der Waals surface area contributed by atoms with Crippen LogP contribution >= 0.6 is 11.3 Å². The number of nitrogens with one attached hydrogen (secondary N) is 2. The SMILES string of the molecule is CCNC(=NCc1ccccn1)NCCc1nc(C(F)(F)F)cs1. The molecule has 0 fully saturated rings. The van der Waals surface area contributed by atoms with Crippen LogP contribution in [0.1, 0.15) is 23.3 Å². The molecule has 0 radical (unpaired) electrons. The Bertz CT molecular complexity index is 655. The van der Waals surface area contributed by atoms with Crippen molar-refractivity contribution >= 4 is 17.3 Å². The lowest BCUT2D eigenvalue weighted by Crippen LogP contribution is -2.38. The van der Waals surface area contributed by atoms with E-state index in [2.05, 4.69) is 25.6 Å². The van der Waals surface area contributed by atoms with Gasteiger partial charge in [0.05, 0.1) is 17.2 Å². The summed E-state index contributed by atoms with van der Waals surface area (Å²) >= 11 is 1.01. The van der Waals surface area contributed by atoms with Crippen molar-refractivity contribution in [1.82, 2.24) is 20.6 Å². The molecule has 0 amide bonds. The van der Waals surface area contributed by atoms with Gasteiger partial charge in [-0.15, -0.1) is 11.3 Å². The third kappa shape index (κ3) is 5.80. The molecule has 130 valence electrons. The Morgan fingerprint density at radius 1 is 1.29 bits per heavy atom. The number of halogens is 3. The number of pyridine rings is 1. The molecule has 0 atom stereocenters. The zero-order valence-electron chi connectivity index (χ0n) is 13.1. The van der Waals surface area contributed by atoms with E-state index in [1.165, 1.54) is 0 Å². The van der Waals surface area contributed by atoms with Crippen molar-refractivity contribution in [3.8, 4) is 0 Å². The molecule has 2 N–H and O–H groups in total. The van der Waals surface area contributed by atoms with Crippen LogP contribution in [-0.4, -0.2) is 29.0 Å². The van der Waals surface area contributed by atoms with E-state index in [-0.39, 0.29) is 0 Å². The predicted octanol–water partition coefficient (Wildman–Crippen LogP) is 2.85. The molecule has 0 bridgehead atoms. The second kappa shape index (κ2) is 8.62. The fourth-order valence-electron chi connectivity index (χ4n) is 1.84. The smallest absolute Gasteiger partial charge is 0.357 e. The highest BCUT2D eigenvalue weighted by molar-refractivity contribution is 7.09. The molecule has 0 aliphatic carbocycles. The average Bonchev–Trinajstić information content (AvgIpc) is 3.03. The zero-order chi connectivity index (χ0) is 17.4. The van der Waals surface area contributed by atoms with Crippen LogP contribution < -0.4 is 10.6 Å². The topological polar surface area (TPSA) is 62.2 Å². The third-order valence-corrected chi connectivity index (χ3v) is 3.85. The van der Waals surface area contributed by atoms with Gasteiger partial charge in [-0.3, -0.25) is 4.98 Å². The molecule has 2 aromatic rings. The van der Waals surface area contributed by atoms with E-state index in [1.807, 2.05) is 25.1 Å². The highest BCUT2D eigenvalue weighted by Gasteiger charge is 2.33. The second-order valence-electron chi connectivity index (χ2n) is 4.82. The van der Waals surface area contributed by atoms with Crippen LogP contribution in [0.3, 0.4) is 0 Å². The Kier molecular flexibility index (Phi) is 6.53. The van der Waals surface area contributed by atoms with Crippen molar-refractivity contribution in [1.29, 1.82) is 0 Å². The quantitative estimate of drug-likeness (QED) is 0.616. The highest BCUT2D eigenvalue weighted by atomic mass is 32.1. The van der Waals surface area contributed by atoms with Gasteiger partial charge >= 0.3 is 6.18 Å². The summed E-state index contributed by atoms with van der Waals surface area (Å²) in [5.41, 5.74) is 0.00247. The van der Waals surface area contributed by atoms with E-state index < -0.39 is 11.9 Å². The molecular weight excluding hydrogens is 339 g/mol. The van der Waals surface area contributed by atoms with Gasteiger partial charge < -0.3 is 10.6 Å². The molecule has 2 aromatic heterocycles. The van der Waals surface area contributed by atoms with Gasteiger partial charge in [-0.2, -0.15) is 13.2 Å². The van der Waals surface area contributed by atoms with E-state index in [9.17, 15) is 13.2 Å². The number of alkyl halides is 3. The summed E-state index contributed by atoms with van der Waals surface area (Å²) in [6, 6.07) is 5.60. The molecule has 2 heterocycles. The Morgan fingerprint density at radius 3 is 2.75 bits per heavy atom. The van der Waals surface area contributed by atoms with Crippen LogP contribution in [0.4, 0.5) is 13.2 Å². The van der Waals surface area contributed by atoms with Crippen molar-refractivity contribution in [3.63, 3.8) is 0 Å². The van der Waals surface area contributed by atoms with Crippen molar-refractivity contribution in [2.24, 2.45) is 4.99 Å². The van der Waals surface area contributed by atoms with E-state index in [0.29, 0.717) is 37.0 Å². The molecule has 0 saturated carbocycles. The van der Waals surface area contributed by atoms with E-state index in [4.69, 9.17) is 0 Å². The standard InChI is InChI=1S/C15H18F3N5S/c1-2-19-14(22-9-11-5-3-4-7-20-11)21-8-6-13-23-12(10-24-13)15(16,17)18/h3-5,7,10H,2,6,8-9H2,1H3,(H2,19,21,22). The van der Waals surface area contributed by atoms with Gasteiger partial charge in [-0.25, -0.2) is 9.98 Å². The van der Waals surface area contributed by atoms with Gasteiger partial charge in [0.1, 0.15) is 0 Å². The zero-order valence-corrected chi connectivity index (χ0v) is 13.9. The Labute approximate surface area is 142 Å². The van der Waals surface area contributed by atoms with E-state index in [0.717, 1.165) is 22.4 Å². The molecule has 0 aromatic carbocycles. The van der Waals surface area contributed by atoms with Crippen LogP contribution in [0, 0.1) is 0 Å². The maximum absolute atomic E-state index is 12.5. The molecule has 9 heteroatoms. The molecule has 5 nitrogen and oxygen atoms in total. The number of guanidine groups is 1. The minimum atomic E-state index is -4.39. The first kappa shape index (κ1) is 18.2. The number of aromatic nitrogens is 2. The lowest BCUT2D eigenvalue weighted by molar-refractivity contribution is -0.140. The minimum absolute atomic E-state index is 0.398. The Balaban J connectivity index is 1.86. The number of rotatable bonds is 6. The predicted molar refractivity (Wildman–Crippen MR) is 87.9 cm³/mol. The van der Waals surface area contributed by atoms with Gasteiger partial charge in [-0.05, 0) is 19.1 Å². The van der Waals surface area contributed by atoms with E-state index in [1.54, 1.807) is 6.20 Å². The number of thiazole rings is 1. The Morgan fingerprint density at radius 2 is 2.12 bits per heavy atom. The summed E-state index contributed by atoms with van der Waals surface area (Å²) in [5, 5.41) is 7.64. The molecule has 24 heavy (non-hydrogen) atoms. The molecule has 0 saturated heterocycles. The first-order chi connectivity index (χ1) is 11.5. The van der Waals surface area contributed by atoms with Crippen molar-refractivity contribution in [2.75, 3.05) is 13.1 Å². The van der Waals surface area contributed by atoms with Gasteiger partial charge in [0.25, 0.3) is 0 Å². The first-order valence-electron chi connectivity index (χ1n) is 7.42. The Hall–Kier alpha value is -2.16. The molecule has 2 rings (SSSR count). The van der Waals surface area contributed by atoms with Gasteiger partial charge in [0.15, 0.2) is 11.7 Å². The van der Waals surface area contributed by atoms with Gasteiger partial charge in [0, 0.05) is 31.1 Å². The lowest BCUT2D eigenvalue weighted by atomic mass is 10.3. The number of aliphatic imine (C=N–C) groups is 1. The highest BCUT2D eigenvalue weighted by Crippen LogP contribution is 2.29. The van der Waals surface area contributed by atoms with Crippen molar-refractivity contribution < 1.29 is 13.2 Å². The maximum atomic E-state index is 12.5. The maximum Gasteiger partial charge on any atom is 0.434 e. The van der Waals surface area contributed by atoms with Crippen LogP contribution in [-0.2, 0) is 19.1 Å². The molecule has 0 unspecified atom stereocenters. The van der Waals surface area contributed by atoms with Crippen molar-refractivity contribution in [2.45, 2.75) is 26.1 Å². The number of hydrogen-bond acceptors (Lipinski definition) is 4. The third-order valence-electron chi connectivity index (χ3n) is 2.94. The molecule has 0 spiro atoms. The monoisotopic (exact) mass is 357 g/mol. The van der Waals surface area contributed by atoms with Crippen molar-refractivity contribution in [3.05, 3.63) is 46.2 Å².